The van der Waals surface area contributed by atoms with Crippen molar-refractivity contribution in [3.8, 4) is 0 Å². The summed E-state index contributed by atoms with van der Waals surface area (Å²) in [6, 6.07) is 0. The molecule has 0 saturated heterocycles. The van der Waals surface area contributed by atoms with Crippen LogP contribution in [-0.2, 0) is 4.74 Å². The van der Waals surface area contributed by atoms with E-state index in [0.717, 1.165) is 0 Å². The van der Waals surface area contributed by atoms with Gasteiger partial charge in [0.05, 0.1) is 12.2 Å². The van der Waals surface area contributed by atoms with Gasteiger partial charge >= 0.3 is 0 Å². The number of ether oxygens (including phenoxy) is 1. The maximum Gasteiger partial charge on any atom is 0.0576 e. The van der Waals surface area contributed by atoms with E-state index in [1.807, 2.05) is 0 Å². The highest BCUT2D eigenvalue weighted by Crippen LogP contribution is 2.19. The lowest BCUT2D eigenvalue weighted by Crippen LogP contribution is -2.21. The molecule has 140 valence electrons. The van der Waals surface area contributed by atoms with E-state index in [0.29, 0.717) is 12.2 Å². The Morgan fingerprint density at radius 3 is 1.17 bits per heavy atom. The van der Waals surface area contributed by atoms with Crippen molar-refractivity contribution < 1.29 is 4.74 Å². The van der Waals surface area contributed by atoms with Crippen LogP contribution >= 0.6 is 0 Å². The number of hydrogen-bond acceptors (Lipinski definition) is 1. The molecule has 0 heterocycles. The largest absolute Gasteiger partial charge is 0.375 e. The average Bonchev–Trinajstić information content (AvgIpc) is 2.58. The first-order valence-electron chi connectivity index (χ1n) is 10.9. The monoisotopic (exact) mass is 326 g/mol. The van der Waals surface area contributed by atoms with Crippen LogP contribution in [0.15, 0.2) is 0 Å². The molecule has 0 radical (unpaired) electrons. The fraction of sp³-hybridized carbons (Fsp3) is 1.00. The predicted octanol–water partition coefficient (Wildman–Crippen LogP) is 8.06. The van der Waals surface area contributed by atoms with Gasteiger partial charge in [-0.05, 0) is 25.7 Å². The van der Waals surface area contributed by atoms with Crippen molar-refractivity contribution in [3.63, 3.8) is 0 Å². The van der Waals surface area contributed by atoms with Gasteiger partial charge in [0.15, 0.2) is 0 Å². The van der Waals surface area contributed by atoms with Crippen LogP contribution in [0.5, 0.6) is 0 Å². The smallest absolute Gasteiger partial charge is 0.0576 e. The van der Waals surface area contributed by atoms with E-state index in [9.17, 15) is 0 Å². The van der Waals surface area contributed by atoms with Crippen LogP contribution in [0.4, 0.5) is 0 Å². The topological polar surface area (TPSA) is 9.23 Å². The molecule has 0 aromatic rings. The van der Waals surface area contributed by atoms with Gasteiger partial charge in [0, 0.05) is 0 Å². The summed E-state index contributed by atoms with van der Waals surface area (Å²) in [5.74, 6) is 0. The van der Waals surface area contributed by atoms with Crippen molar-refractivity contribution in [1.29, 1.82) is 0 Å². The van der Waals surface area contributed by atoms with Crippen LogP contribution in [0.25, 0.3) is 0 Å². The molecule has 0 rings (SSSR count). The van der Waals surface area contributed by atoms with Gasteiger partial charge in [-0.25, -0.2) is 0 Å². The van der Waals surface area contributed by atoms with Crippen LogP contribution < -0.4 is 0 Å². The third-order valence-electron chi connectivity index (χ3n) is 5.05. The summed E-state index contributed by atoms with van der Waals surface area (Å²) in [5.41, 5.74) is 0. The van der Waals surface area contributed by atoms with Crippen LogP contribution in [-0.4, -0.2) is 12.2 Å². The maximum absolute atomic E-state index is 6.40. The lowest BCUT2D eigenvalue weighted by molar-refractivity contribution is -0.0257. The van der Waals surface area contributed by atoms with E-state index in [4.69, 9.17) is 4.74 Å². The Morgan fingerprint density at radius 2 is 0.826 bits per heavy atom. The highest BCUT2D eigenvalue weighted by molar-refractivity contribution is 4.63. The average molecular weight is 327 g/mol. The highest BCUT2D eigenvalue weighted by Gasteiger charge is 2.13. The zero-order valence-corrected chi connectivity index (χ0v) is 16.9. The zero-order chi connectivity index (χ0) is 17.2. The molecule has 0 spiro atoms. The number of unbranched alkanes of at least 4 members (excludes halogenated alkanes) is 10. The normalized spacial score (nSPS) is 14.1. The molecular formula is C22H46O. The standard InChI is InChI=1S/C22H46O/c1-5-9-11-13-15-17-19-21(7-3)23-22(8-4)20-18-16-14-12-10-6-2/h21-22H,5-20H2,1-4H3. The third-order valence-corrected chi connectivity index (χ3v) is 5.05. The molecule has 0 aliphatic rings. The first-order valence-corrected chi connectivity index (χ1v) is 10.9. The minimum absolute atomic E-state index is 0.506. The van der Waals surface area contributed by atoms with E-state index in [1.165, 1.54) is 103 Å². The second-order valence-electron chi connectivity index (χ2n) is 7.31. The molecule has 2 unspecified atom stereocenters. The van der Waals surface area contributed by atoms with Gasteiger partial charge in [0.1, 0.15) is 0 Å². The Labute approximate surface area is 148 Å². The van der Waals surface area contributed by atoms with Crippen LogP contribution in [0.3, 0.4) is 0 Å². The quantitative estimate of drug-likeness (QED) is 0.231. The third kappa shape index (κ3) is 15.2. The molecule has 0 aliphatic heterocycles. The molecule has 0 amide bonds. The van der Waals surface area contributed by atoms with Gasteiger partial charge < -0.3 is 4.74 Å². The Hall–Kier alpha value is -0.0400. The molecule has 1 nitrogen and oxygen atoms in total. The minimum Gasteiger partial charge on any atom is -0.375 e. The first kappa shape index (κ1) is 23.0. The fourth-order valence-corrected chi connectivity index (χ4v) is 3.31. The van der Waals surface area contributed by atoms with Gasteiger partial charge in [-0.15, -0.1) is 0 Å². The molecule has 1 heteroatoms. The highest BCUT2D eigenvalue weighted by atomic mass is 16.5. The summed E-state index contributed by atoms with van der Waals surface area (Å²) in [5, 5.41) is 0. The van der Waals surface area contributed by atoms with E-state index < -0.39 is 0 Å². The Morgan fingerprint density at radius 1 is 0.478 bits per heavy atom. The van der Waals surface area contributed by atoms with E-state index in [-0.39, 0.29) is 0 Å². The molecule has 23 heavy (non-hydrogen) atoms. The van der Waals surface area contributed by atoms with Gasteiger partial charge in [0.2, 0.25) is 0 Å². The lowest BCUT2D eigenvalue weighted by atomic mass is 10.0. The Balaban J connectivity index is 3.70. The molecule has 0 fully saturated rings. The summed E-state index contributed by atoms with van der Waals surface area (Å²) in [6.45, 7) is 9.16. The van der Waals surface area contributed by atoms with E-state index in [2.05, 4.69) is 27.7 Å². The van der Waals surface area contributed by atoms with Gasteiger partial charge in [0.25, 0.3) is 0 Å². The Kier molecular flexibility index (Phi) is 18.3. The lowest BCUT2D eigenvalue weighted by Gasteiger charge is -2.23. The van der Waals surface area contributed by atoms with Crippen molar-refractivity contribution in [2.24, 2.45) is 0 Å². The molecule has 0 aromatic carbocycles. The van der Waals surface area contributed by atoms with Gasteiger partial charge in [-0.2, -0.15) is 0 Å². The zero-order valence-electron chi connectivity index (χ0n) is 16.9. The summed E-state index contributed by atoms with van der Waals surface area (Å²) in [6.07, 6.45) is 22.6. The van der Waals surface area contributed by atoms with Gasteiger partial charge in [-0.1, -0.05) is 105 Å². The van der Waals surface area contributed by atoms with Crippen LogP contribution in [0.1, 0.15) is 130 Å². The Bertz CT molecular complexity index is 192. The summed E-state index contributed by atoms with van der Waals surface area (Å²) in [4.78, 5) is 0. The van der Waals surface area contributed by atoms with Crippen molar-refractivity contribution in [1.82, 2.24) is 0 Å². The molecule has 0 saturated carbocycles. The molecule has 0 N–H and O–H groups in total. The van der Waals surface area contributed by atoms with E-state index in [1.54, 1.807) is 0 Å². The SMILES string of the molecule is CCCCCCCCC(CC)OC(CC)CCCCCCCC. The molecule has 2 atom stereocenters. The first-order chi connectivity index (χ1) is 11.3. The second-order valence-corrected chi connectivity index (χ2v) is 7.31. The van der Waals surface area contributed by atoms with Crippen LogP contribution in [0.2, 0.25) is 0 Å². The summed E-state index contributed by atoms with van der Waals surface area (Å²) < 4.78 is 6.40. The number of rotatable bonds is 18. The number of hydrogen-bond donors (Lipinski definition) is 0. The van der Waals surface area contributed by atoms with Crippen molar-refractivity contribution >= 4 is 0 Å². The maximum atomic E-state index is 6.40. The summed E-state index contributed by atoms with van der Waals surface area (Å²) >= 11 is 0. The fourth-order valence-electron chi connectivity index (χ4n) is 3.31. The van der Waals surface area contributed by atoms with Gasteiger partial charge in [-0.3, -0.25) is 0 Å². The molecule has 0 bridgehead atoms. The second kappa shape index (κ2) is 18.3. The minimum atomic E-state index is 0.506. The molecule has 0 aromatic heterocycles. The van der Waals surface area contributed by atoms with Crippen molar-refractivity contribution in [3.05, 3.63) is 0 Å². The molecular weight excluding hydrogens is 280 g/mol. The summed E-state index contributed by atoms with van der Waals surface area (Å²) in [7, 11) is 0. The van der Waals surface area contributed by atoms with Crippen molar-refractivity contribution in [2.45, 2.75) is 143 Å². The van der Waals surface area contributed by atoms with Crippen molar-refractivity contribution in [2.75, 3.05) is 0 Å². The molecule has 0 aliphatic carbocycles. The van der Waals surface area contributed by atoms with Crippen LogP contribution in [0, 0.1) is 0 Å². The predicted molar refractivity (Wildman–Crippen MR) is 105 cm³/mol. The van der Waals surface area contributed by atoms with E-state index >= 15 is 0 Å².